The molecule has 22 heavy (non-hydrogen) atoms. The minimum Gasteiger partial charge on any atom is -0.340 e. The smallest absolute Gasteiger partial charge is 0.283 e. The van der Waals surface area contributed by atoms with Crippen LogP contribution >= 0.6 is 11.3 Å². The summed E-state index contributed by atoms with van der Waals surface area (Å²) in [7, 11) is 0. The van der Waals surface area contributed by atoms with Crippen LogP contribution in [0.15, 0.2) is 4.52 Å². The second-order valence-corrected chi connectivity index (χ2v) is 6.94. The number of thiazole rings is 1. The number of nitrogens with zero attached hydrogens (tertiary/aromatic N) is 4. The highest BCUT2D eigenvalue weighted by molar-refractivity contribution is 7.13. The highest BCUT2D eigenvalue weighted by Crippen LogP contribution is 2.28. The van der Waals surface area contributed by atoms with E-state index in [1.54, 1.807) is 11.8 Å². The van der Waals surface area contributed by atoms with E-state index in [-0.39, 0.29) is 11.9 Å². The van der Waals surface area contributed by atoms with Crippen LogP contribution in [0, 0.1) is 6.92 Å². The van der Waals surface area contributed by atoms with E-state index in [1.807, 2.05) is 13.8 Å². The average molecular weight is 320 g/mol. The fraction of sp³-hybridized carbons (Fsp3) is 0.600. The first kappa shape index (κ1) is 15.1. The summed E-state index contributed by atoms with van der Waals surface area (Å²) in [6.45, 7) is 6.06. The lowest BCUT2D eigenvalue weighted by molar-refractivity contribution is 0.0683. The third-order valence-electron chi connectivity index (χ3n) is 3.79. The van der Waals surface area contributed by atoms with Crippen molar-refractivity contribution in [2.24, 2.45) is 0 Å². The molecule has 2 aromatic heterocycles. The summed E-state index contributed by atoms with van der Waals surface area (Å²) in [5.41, 5.74) is 1.11. The Balaban J connectivity index is 1.81. The van der Waals surface area contributed by atoms with Gasteiger partial charge in [-0.3, -0.25) is 4.79 Å². The molecule has 0 fully saturated rings. The second-order valence-electron chi connectivity index (χ2n) is 5.85. The molecule has 0 bridgehead atoms. The molecule has 0 radical (unpaired) electrons. The molecule has 2 heterocycles. The lowest BCUT2D eigenvalue weighted by Crippen LogP contribution is -2.36. The summed E-state index contributed by atoms with van der Waals surface area (Å²) in [6, 6.07) is 0.0484. The van der Waals surface area contributed by atoms with Crippen molar-refractivity contribution in [2.45, 2.75) is 59.0 Å². The maximum atomic E-state index is 12.8. The number of amides is 1. The van der Waals surface area contributed by atoms with Crippen molar-refractivity contribution in [3.63, 3.8) is 0 Å². The van der Waals surface area contributed by atoms with Crippen molar-refractivity contribution < 1.29 is 9.32 Å². The topological polar surface area (TPSA) is 72.1 Å². The van der Waals surface area contributed by atoms with Crippen LogP contribution in [0.2, 0.25) is 0 Å². The zero-order valence-electron chi connectivity index (χ0n) is 13.1. The highest BCUT2D eigenvalue weighted by atomic mass is 32.1. The van der Waals surface area contributed by atoms with Crippen LogP contribution in [-0.2, 0) is 19.4 Å². The van der Waals surface area contributed by atoms with Gasteiger partial charge >= 0.3 is 0 Å². The van der Waals surface area contributed by atoms with Crippen molar-refractivity contribution in [1.82, 2.24) is 20.0 Å². The van der Waals surface area contributed by atoms with E-state index < -0.39 is 0 Å². The monoisotopic (exact) mass is 320 g/mol. The molecular formula is C15H20N4O2S. The van der Waals surface area contributed by atoms with Crippen LogP contribution < -0.4 is 0 Å². The Morgan fingerprint density at radius 1 is 1.32 bits per heavy atom. The van der Waals surface area contributed by atoms with Crippen LogP contribution in [0.3, 0.4) is 0 Å². The Morgan fingerprint density at radius 3 is 2.73 bits per heavy atom. The predicted molar refractivity (Wildman–Crippen MR) is 82.8 cm³/mol. The van der Waals surface area contributed by atoms with E-state index in [4.69, 9.17) is 4.52 Å². The van der Waals surface area contributed by atoms with E-state index in [9.17, 15) is 4.79 Å². The van der Waals surface area contributed by atoms with Crippen LogP contribution in [-0.4, -0.2) is 32.0 Å². The molecule has 0 aliphatic heterocycles. The molecular weight excluding hydrogens is 300 g/mol. The minimum atomic E-state index is -0.0446. The highest BCUT2D eigenvalue weighted by Gasteiger charge is 2.26. The Bertz CT molecular complexity index is 653. The number of carbonyl (C=O) groups excluding carboxylic acids is 1. The molecule has 0 saturated heterocycles. The summed E-state index contributed by atoms with van der Waals surface area (Å²) >= 11 is 1.54. The normalized spacial score (nSPS) is 14.2. The largest absolute Gasteiger partial charge is 0.340 e. The van der Waals surface area contributed by atoms with E-state index >= 15 is 0 Å². The van der Waals surface area contributed by atoms with Crippen molar-refractivity contribution in [3.8, 4) is 0 Å². The van der Waals surface area contributed by atoms with Gasteiger partial charge in [-0.25, -0.2) is 4.98 Å². The molecule has 6 nitrogen and oxygen atoms in total. The van der Waals surface area contributed by atoms with Gasteiger partial charge in [-0.2, -0.15) is 4.98 Å². The van der Waals surface area contributed by atoms with Gasteiger partial charge in [-0.1, -0.05) is 5.16 Å². The number of aromatic nitrogens is 3. The molecule has 118 valence electrons. The van der Waals surface area contributed by atoms with Crippen LogP contribution in [0.1, 0.15) is 58.8 Å². The molecule has 0 spiro atoms. The maximum Gasteiger partial charge on any atom is 0.283 e. The molecule has 7 heteroatoms. The van der Waals surface area contributed by atoms with Crippen molar-refractivity contribution in [3.05, 3.63) is 27.3 Å². The van der Waals surface area contributed by atoms with Crippen molar-refractivity contribution in [2.75, 3.05) is 0 Å². The van der Waals surface area contributed by atoms with E-state index in [0.717, 1.165) is 18.5 Å². The molecule has 0 aromatic carbocycles. The Labute approximate surface area is 133 Å². The van der Waals surface area contributed by atoms with Crippen molar-refractivity contribution >= 4 is 17.2 Å². The molecule has 0 N–H and O–H groups in total. The summed E-state index contributed by atoms with van der Waals surface area (Å²) in [5.74, 6) is 0.994. The van der Waals surface area contributed by atoms with Gasteiger partial charge < -0.3 is 9.42 Å². The Hall–Kier alpha value is -1.76. The van der Waals surface area contributed by atoms with Gasteiger partial charge in [0.2, 0.25) is 5.89 Å². The standard InChI is InChI=1S/C15H20N4O2S/c1-9(2)19(8-13-16-10(3)21-18-13)15(20)14-17-11-6-4-5-7-12(11)22-14/h9H,4-8H2,1-3H3. The molecule has 1 amide bonds. The second kappa shape index (κ2) is 6.16. The molecule has 1 aliphatic carbocycles. The van der Waals surface area contributed by atoms with Gasteiger partial charge in [0.15, 0.2) is 10.8 Å². The van der Waals surface area contributed by atoms with Gasteiger partial charge in [0, 0.05) is 17.8 Å². The summed E-state index contributed by atoms with van der Waals surface area (Å²) in [5, 5.41) is 4.47. The lowest BCUT2D eigenvalue weighted by Gasteiger charge is -2.24. The van der Waals surface area contributed by atoms with Gasteiger partial charge in [-0.05, 0) is 39.5 Å². The zero-order chi connectivity index (χ0) is 15.7. The van der Waals surface area contributed by atoms with Gasteiger partial charge in [0.25, 0.3) is 5.91 Å². The third kappa shape index (κ3) is 3.04. The maximum absolute atomic E-state index is 12.8. The van der Waals surface area contributed by atoms with E-state index in [2.05, 4.69) is 15.1 Å². The lowest BCUT2D eigenvalue weighted by atomic mass is 10.0. The van der Waals surface area contributed by atoms with Gasteiger partial charge in [-0.15, -0.1) is 11.3 Å². The molecule has 2 aromatic rings. The number of aryl methyl sites for hydroxylation is 3. The van der Waals surface area contributed by atoms with E-state index in [0.29, 0.717) is 23.3 Å². The first-order valence-electron chi connectivity index (χ1n) is 7.63. The summed E-state index contributed by atoms with van der Waals surface area (Å²) < 4.78 is 4.98. The fourth-order valence-corrected chi connectivity index (χ4v) is 3.72. The number of fused-ring (bicyclic) bond motifs is 1. The molecule has 0 saturated carbocycles. The average Bonchev–Trinajstić information content (AvgIpc) is 3.09. The van der Waals surface area contributed by atoms with Crippen molar-refractivity contribution in [1.29, 1.82) is 0 Å². The Morgan fingerprint density at radius 2 is 2.09 bits per heavy atom. The third-order valence-corrected chi connectivity index (χ3v) is 4.94. The van der Waals surface area contributed by atoms with Gasteiger partial charge in [0.1, 0.15) is 0 Å². The predicted octanol–water partition coefficient (Wildman–Crippen LogP) is 2.76. The fourth-order valence-electron chi connectivity index (χ4n) is 2.61. The zero-order valence-corrected chi connectivity index (χ0v) is 13.9. The van der Waals surface area contributed by atoms with Gasteiger partial charge in [0.05, 0.1) is 12.2 Å². The van der Waals surface area contributed by atoms with Crippen LogP contribution in [0.4, 0.5) is 0 Å². The molecule has 0 unspecified atom stereocenters. The van der Waals surface area contributed by atoms with E-state index in [1.165, 1.54) is 29.1 Å². The molecule has 3 rings (SSSR count). The van der Waals surface area contributed by atoms with Crippen LogP contribution in [0.25, 0.3) is 0 Å². The minimum absolute atomic E-state index is 0.0446. The number of hydrogen-bond donors (Lipinski definition) is 0. The number of hydrogen-bond acceptors (Lipinski definition) is 6. The Kier molecular flexibility index (Phi) is 4.24. The molecule has 1 aliphatic rings. The SMILES string of the molecule is Cc1nc(CN(C(=O)c2nc3c(s2)CCCC3)C(C)C)no1. The first-order valence-corrected chi connectivity index (χ1v) is 8.45. The number of rotatable bonds is 4. The summed E-state index contributed by atoms with van der Waals surface area (Å²) in [4.78, 5) is 24.6. The molecule has 0 atom stereocenters. The first-order chi connectivity index (χ1) is 10.5. The van der Waals surface area contributed by atoms with Crippen LogP contribution in [0.5, 0.6) is 0 Å². The number of carbonyl (C=O) groups is 1. The quantitative estimate of drug-likeness (QED) is 0.866. The summed E-state index contributed by atoms with van der Waals surface area (Å²) in [6.07, 6.45) is 4.40.